The second-order valence-electron chi connectivity index (χ2n) is 6.51. The molecular formula is C20H23ClF2N4O. The molecule has 0 unspecified atom stereocenters. The summed E-state index contributed by atoms with van der Waals surface area (Å²) in [7, 11) is 0. The Hall–Kier alpha value is -2.48. The number of aromatic amines is 1. The van der Waals surface area contributed by atoms with E-state index in [-0.39, 0.29) is 25.8 Å². The fourth-order valence-corrected chi connectivity index (χ4v) is 2.94. The van der Waals surface area contributed by atoms with Crippen LogP contribution in [0.15, 0.2) is 42.5 Å². The lowest BCUT2D eigenvalue weighted by Gasteiger charge is -2.11. The van der Waals surface area contributed by atoms with Crippen molar-refractivity contribution in [2.24, 2.45) is 11.5 Å². The van der Waals surface area contributed by atoms with Crippen molar-refractivity contribution < 1.29 is 27.4 Å². The molecule has 3 rings (SSSR count). The minimum atomic E-state index is -0.634. The molecule has 0 fully saturated rings. The average molecular weight is 409 g/mol. The van der Waals surface area contributed by atoms with Gasteiger partial charge in [0, 0.05) is 35.1 Å². The quantitative estimate of drug-likeness (QED) is 0.444. The van der Waals surface area contributed by atoms with Crippen LogP contribution in [0.25, 0.3) is 22.0 Å². The van der Waals surface area contributed by atoms with E-state index in [1.165, 1.54) is 12.1 Å². The molecule has 0 saturated carbocycles. The van der Waals surface area contributed by atoms with E-state index in [2.05, 4.69) is 10.3 Å². The highest BCUT2D eigenvalue weighted by atomic mass is 35.5. The van der Waals surface area contributed by atoms with Crippen molar-refractivity contribution in [1.29, 1.82) is 0 Å². The Balaban J connectivity index is 0.00000210. The molecule has 8 heteroatoms. The molecule has 0 saturated heterocycles. The zero-order valence-electron chi connectivity index (χ0n) is 16.1. The molecule has 3 aromatic rings. The third-order valence-electron chi connectivity index (χ3n) is 4.41. The molecule has 0 spiro atoms. The van der Waals surface area contributed by atoms with E-state index < -0.39 is 11.6 Å². The van der Waals surface area contributed by atoms with E-state index in [1.807, 2.05) is 0 Å². The van der Waals surface area contributed by atoms with Crippen LogP contribution in [0.2, 0.25) is 0 Å². The topological polar surface area (TPSA) is 96.9 Å². The summed E-state index contributed by atoms with van der Waals surface area (Å²) in [5.41, 5.74) is 13.4. The summed E-state index contributed by atoms with van der Waals surface area (Å²) in [6.07, 6.45) is 1.56. The van der Waals surface area contributed by atoms with Gasteiger partial charge in [0.05, 0.1) is 0 Å². The number of carbonyl (C=O) groups is 1. The highest BCUT2D eigenvalue weighted by Crippen LogP contribution is 2.27. The number of nitrogens with two attached hydrogens (primary N) is 2. The number of aromatic nitrogens is 1. The maximum atomic E-state index is 14.0. The molecule has 0 aliphatic heterocycles. The predicted molar refractivity (Wildman–Crippen MR) is 103 cm³/mol. The summed E-state index contributed by atoms with van der Waals surface area (Å²) in [4.78, 5) is 15.3. The largest absolute Gasteiger partial charge is 1.00 e. The number of amides is 1. The SMILES string of the molecule is NCCC[C@H](N)CNC(=O)c1cc2ccc(-c3ccc(F)cc3F)cc2[nH]1.[Cl-].[H+]. The van der Waals surface area contributed by atoms with Gasteiger partial charge in [0.2, 0.25) is 0 Å². The maximum Gasteiger partial charge on any atom is 1.00 e. The molecule has 150 valence electrons. The second kappa shape index (κ2) is 9.64. The molecule has 6 N–H and O–H groups in total. The van der Waals surface area contributed by atoms with Gasteiger partial charge in [-0.05, 0) is 49.2 Å². The molecule has 0 bridgehead atoms. The van der Waals surface area contributed by atoms with Crippen molar-refractivity contribution in [3.05, 3.63) is 59.8 Å². The number of fused-ring (bicyclic) bond motifs is 1. The van der Waals surface area contributed by atoms with Crippen LogP contribution in [-0.2, 0) is 0 Å². The zero-order valence-corrected chi connectivity index (χ0v) is 15.9. The Morgan fingerprint density at radius 3 is 2.68 bits per heavy atom. The lowest BCUT2D eigenvalue weighted by Crippen LogP contribution is -3.00. The predicted octanol–water partition coefficient (Wildman–Crippen LogP) is 0.0256. The molecule has 28 heavy (non-hydrogen) atoms. The first-order valence-electron chi connectivity index (χ1n) is 8.80. The van der Waals surface area contributed by atoms with Gasteiger partial charge < -0.3 is 34.2 Å². The van der Waals surface area contributed by atoms with E-state index in [4.69, 9.17) is 11.5 Å². The molecule has 5 nitrogen and oxygen atoms in total. The summed E-state index contributed by atoms with van der Waals surface area (Å²) < 4.78 is 27.1. The molecule has 0 aliphatic carbocycles. The van der Waals surface area contributed by atoms with Crippen LogP contribution in [0.1, 0.15) is 24.8 Å². The molecule has 1 atom stereocenters. The molecule has 0 radical (unpaired) electrons. The summed E-state index contributed by atoms with van der Waals surface area (Å²) in [6.45, 7) is 0.931. The maximum absolute atomic E-state index is 14.0. The van der Waals surface area contributed by atoms with Crippen molar-refractivity contribution in [2.75, 3.05) is 13.1 Å². The second-order valence-corrected chi connectivity index (χ2v) is 6.51. The summed E-state index contributed by atoms with van der Waals surface area (Å²) in [5.74, 6) is -1.52. The van der Waals surface area contributed by atoms with Crippen molar-refractivity contribution in [1.82, 2.24) is 10.3 Å². The Bertz CT molecular complexity index is 967. The first kappa shape index (κ1) is 21.8. The first-order valence-corrected chi connectivity index (χ1v) is 8.80. The number of rotatable bonds is 7. The van der Waals surface area contributed by atoms with Crippen LogP contribution >= 0.6 is 0 Å². The van der Waals surface area contributed by atoms with Crippen molar-refractivity contribution >= 4 is 16.8 Å². The number of halogens is 3. The van der Waals surface area contributed by atoms with E-state index in [0.717, 1.165) is 24.3 Å². The highest BCUT2D eigenvalue weighted by Gasteiger charge is 2.13. The van der Waals surface area contributed by atoms with Crippen LogP contribution in [0.5, 0.6) is 0 Å². The van der Waals surface area contributed by atoms with Gasteiger partial charge in [0.1, 0.15) is 17.3 Å². The van der Waals surface area contributed by atoms with Gasteiger partial charge in [-0.3, -0.25) is 4.79 Å². The normalized spacial score (nSPS) is 11.9. The van der Waals surface area contributed by atoms with Crippen LogP contribution < -0.4 is 29.2 Å². The molecular weight excluding hydrogens is 386 g/mol. The Labute approximate surface area is 169 Å². The Kier molecular flexibility index (Phi) is 7.51. The van der Waals surface area contributed by atoms with Crippen LogP contribution in [0.3, 0.4) is 0 Å². The third-order valence-corrected chi connectivity index (χ3v) is 4.41. The zero-order chi connectivity index (χ0) is 19.4. The van der Waals surface area contributed by atoms with Gasteiger partial charge in [0.25, 0.3) is 5.91 Å². The van der Waals surface area contributed by atoms with E-state index in [1.54, 1.807) is 24.3 Å². The number of carbonyl (C=O) groups excluding carboxylic acids is 1. The van der Waals surface area contributed by atoms with Crippen LogP contribution in [-0.4, -0.2) is 30.0 Å². The van der Waals surface area contributed by atoms with Crippen LogP contribution in [0, 0.1) is 11.6 Å². The van der Waals surface area contributed by atoms with Crippen LogP contribution in [0.4, 0.5) is 8.78 Å². The lowest BCUT2D eigenvalue weighted by atomic mass is 10.0. The number of nitrogens with one attached hydrogen (secondary N) is 2. The fourth-order valence-electron chi connectivity index (χ4n) is 2.94. The third kappa shape index (κ3) is 5.07. The molecule has 1 heterocycles. The van der Waals surface area contributed by atoms with Crippen molar-refractivity contribution in [3.63, 3.8) is 0 Å². The molecule has 2 aromatic carbocycles. The molecule has 1 aromatic heterocycles. The minimum Gasteiger partial charge on any atom is -1.00 e. The minimum absolute atomic E-state index is 0. The van der Waals surface area contributed by atoms with Gasteiger partial charge >= 0.3 is 1.43 Å². The van der Waals surface area contributed by atoms with Crippen molar-refractivity contribution in [2.45, 2.75) is 18.9 Å². The standard InChI is InChI=1S/C20H22F2N4O.ClH/c21-14-5-6-16(17(22)10-14)12-3-4-13-9-19(26-18(13)8-12)20(27)25-11-15(24)2-1-7-23;/h3-6,8-10,15,26H,1-2,7,11,23-24H2,(H,25,27);1H/t15-;/m0./s1. The summed E-state index contributed by atoms with van der Waals surface area (Å²) in [6, 6.07) is 10.3. The smallest absolute Gasteiger partial charge is 1.00 e. The number of hydrogen-bond acceptors (Lipinski definition) is 3. The molecule has 0 aliphatic rings. The van der Waals surface area contributed by atoms with E-state index in [9.17, 15) is 13.6 Å². The number of hydrogen-bond donors (Lipinski definition) is 4. The van der Waals surface area contributed by atoms with E-state index in [0.29, 0.717) is 35.4 Å². The van der Waals surface area contributed by atoms with E-state index >= 15 is 0 Å². The van der Waals surface area contributed by atoms with Gasteiger partial charge in [0.15, 0.2) is 0 Å². The van der Waals surface area contributed by atoms with Gasteiger partial charge in [-0.25, -0.2) is 8.78 Å². The highest BCUT2D eigenvalue weighted by molar-refractivity contribution is 5.98. The number of H-pyrrole nitrogens is 1. The fraction of sp³-hybridized carbons (Fsp3) is 0.250. The molecule has 1 amide bonds. The summed E-state index contributed by atoms with van der Waals surface area (Å²) in [5, 5.41) is 3.61. The number of benzene rings is 2. The lowest BCUT2D eigenvalue weighted by molar-refractivity contribution is -0.0000150. The van der Waals surface area contributed by atoms with Crippen molar-refractivity contribution in [3.8, 4) is 11.1 Å². The van der Waals surface area contributed by atoms with Gasteiger partial charge in [-0.2, -0.15) is 0 Å². The Morgan fingerprint density at radius 1 is 1.18 bits per heavy atom. The van der Waals surface area contributed by atoms with Gasteiger partial charge in [-0.1, -0.05) is 12.1 Å². The Morgan fingerprint density at radius 2 is 1.96 bits per heavy atom. The average Bonchev–Trinajstić information content (AvgIpc) is 3.07. The summed E-state index contributed by atoms with van der Waals surface area (Å²) >= 11 is 0. The monoisotopic (exact) mass is 408 g/mol. The van der Waals surface area contributed by atoms with Gasteiger partial charge in [-0.15, -0.1) is 0 Å². The first-order chi connectivity index (χ1) is 13.0.